The third kappa shape index (κ3) is 6.13. The summed E-state index contributed by atoms with van der Waals surface area (Å²) >= 11 is 0. The molecule has 2 heterocycles. The molecule has 7 aliphatic rings. The Hall–Kier alpha value is -1.56. The van der Waals surface area contributed by atoms with E-state index in [1.165, 1.54) is 5.57 Å². The molecular formula is C42H66O14. The monoisotopic (exact) mass is 794 g/mol. The number of carboxylic acid groups (broad SMARTS) is 1. The van der Waals surface area contributed by atoms with Crippen LogP contribution in [0.4, 0.5) is 0 Å². The van der Waals surface area contributed by atoms with Crippen molar-refractivity contribution in [1.29, 1.82) is 0 Å². The van der Waals surface area contributed by atoms with E-state index in [9.17, 15) is 50.4 Å². The molecule has 0 unspecified atom stereocenters. The third-order valence-electron chi connectivity index (χ3n) is 17.2. The van der Waals surface area contributed by atoms with Gasteiger partial charge in [0, 0.05) is 17.3 Å². The van der Waals surface area contributed by atoms with E-state index >= 15 is 0 Å². The van der Waals surface area contributed by atoms with Gasteiger partial charge in [0.05, 0.1) is 19.3 Å². The van der Waals surface area contributed by atoms with Crippen molar-refractivity contribution in [3.05, 3.63) is 11.6 Å². The molecule has 0 amide bonds. The van der Waals surface area contributed by atoms with Crippen LogP contribution in [0.1, 0.15) is 106 Å². The summed E-state index contributed by atoms with van der Waals surface area (Å²) in [5.74, 6) is -0.705. The zero-order chi connectivity index (χ0) is 41.1. The lowest BCUT2D eigenvalue weighted by Gasteiger charge is -2.71. The first kappa shape index (κ1) is 42.6. The first-order chi connectivity index (χ1) is 26.0. The Morgan fingerprint density at radius 1 is 0.804 bits per heavy atom. The van der Waals surface area contributed by atoms with E-state index in [4.69, 9.17) is 18.9 Å². The lowest BCUT2D eigenvalue weighted by molar-refractivity contribution is -0.375. The second-order valence-electron chi connectivity index (χ2n) is 20.6. The zero-order valence-electron chi connectivity index (χ0n) is 34.0. The second kappa shape index (κ2) is 14.3. The highest BCUT2D eigenvalue weighted by Gasteiger charge is 2.70. The summed E-state index contributed by atoms with van der Waals surface area (Å²) in [6.07, 6.45) is -8.50. The average Bonchev–Trinajstić information content (AvgIpc) is 3.13. The van der Waals surface area contributed by atoms with Gasteiger partial charge in [0.25, 0.3) is 0 Å². The molecule has 0 radical (unpaired) electrons. The fourth-order valence-electron chi connectivity index (χ4n) is 13.5. The fourth-order valence-corrected chi connectivity index (χ4v) is 13.5. The van der Waals surface area contributed by atoms with Crippen molar-refractivity contribution in [3.8, 4) is 0 Å². The Morgan fingerprint density at radius 2 is 1.50 bits per heavy atom. The van der Waals surface area contributed by atoms with Crippen molar-refractivity contribution in [2.75, 3.05) is 13.2 Å². The predicted octanol–water partition coefficient (Wildman–Crippen LogP) is 2.06. The summed E-state index contributed by atoms with van der Waals surface area (Å²) < 4.78 is 23.8. The lowest BCUT2D eigenvalue weighted by Crippen LogP contribution is -2.68. The van der Waals surface area contributed by atoms with Crippen LogP contribution in [0.5, 0.6) is 0 Å². The Bertz CT molecular complexity index is 1570. The minimum atomic E-state index is -1.97. The number of hydrogen-bond acceptors (Lipinski definition) is 13. The summed E-state index contributed by atoms with van der Waals surface area (Å²) in [7, 11) is 0. The van der Waals surface area contributed by atoms with Gasteiger partial charge in [-0.2, -0.15) is 0 Å². The molecule has 0 aromatic rings. The van der Waals surface area contributed by atoms with E-state index in [-0.39, 0.29) is 51.4 Å². The predicted molar refractivity (Wildman–Crippen MR) is 198 cm³/mol. The standard InChI is InChI=1S/C42H66O14/c1-37(2)16-21-20-8-9-24-39(4)12-11-26(40(5,19-44)23(39)10-13-42(24,7)41(20,6)15-14-38(21,3)25(45)17-37)54-36-33(30(49)29(48)32(55-36)34(51)52)56-35-31(50)28(47)27(46)22(18-43)53-35/h8,21-24,26-33,35-36,43-44,46-50H,9-19H2,1-7H3,(H,51,52)/t21-,22+,23+,24-,26-,27-,28-,29-,30-,31+,32-,33+,35+,36+,38-,39-,40-,41-,42-/m0/s1. The summed E-state index contributed by atoms with van der Waals surface area (Å²) in [6, 6.07) is 0. The number of carbonyl (C=O) groups is 2. The second-order valence-corrected chi connectivity index (χ2v) is 20.6. The van der Waals surface area contributed by atoms with Crippen LogP contribution in [0.3, 0.4) is 0 Å². The summed E-state index contributed by atoms with van der Waals surface area (Å²) in [5, 5.41) is 84.4. The van der Waals surface area contributed by atoms with Gasteiger partial charge < -0.3 is 59.8 Å². The molecule has 0 spiro atoms. The largest absolute Gasteiger partial charge is 0.479 e. The normalized spacial score (nSPS) is 54.2. The minimum absolute atomic E-state index is 0.0291. The first-order valence-electron chi connectivity index (χ1n) is 20.7. The van der Waals surface area contributed by atoms with Crippen LogP contribution < -0.4 is 0 Å². The summed E-state index contributed by atoms with van der Waals surface area (Å²) in [6.45, 7) is 14.9. The van der Waals surface area contributed by atoms with Gasteiger partial charge in [-0.3, -0.25) is 4.79 Å². The Kier molecular flexibility index (Phi) is 10.9. The molecule has 2 saturated heterocycles. The van der Waals surface area contributed by atoms with Gasteiger partial charge >= 0.3 is 5.97 Å². The number of ether oxygens (including phenoxy) is 4. The highest BCUT2D eigenvalue weighted by molar-refractivity contribution is 5.87. The number of hydrogen-bond donors (Lipinski definition) is 8. The number of aliphatic carboxylic acids is 1. The van der Waals surface area contributed by atoms with Crippen molar-refractivity contribution < 1.29 is 69.4 Å². The van der Waals surface area contributed by atoms with E-state index in [2.05, 4.69) is 47.6 Å². The van der Waals surface area contributed by atoms with Crippen LogP contribution in [-0.4, -0.2) is 133 Å². The Morgan fingerprint density at radius 3 is 2.14 bits per heavy atom. The Balaban J connectivity index is 1.17. The third-order valence-corrected chi connectivity index (χ3v) is 17.2. The highest BCUT2D eigenvalue weighted by atomic mass is 16.8. The van der Waals surface area contributed by atoms with E-state index in [0.717, 1.165) is 44.9 Å². The minimum Gasteiger partial charge on any atom is -0.479 e. The molecule has 6 fully saturated rings. The topological polar surface area (TPSA) is 233 Å². The molecule has 2 aliphatic heterocycles. The van der Waals surface area contributed by atoms with Gasteiger partial charge in [0.2, 0.25) is 0 Å². The van der Waals surface area contributed by atoms with Crippen LogP contribution in [0.25, 0.3) is 0 Å². The van der Waals surface area contributed by atoms with Gasteiger partial charge in [-0.05, 0) is 90.8 Å². The number of Topliss-reactive ketones (excluding diaryl/α,β-unsaturated/α-hetero) is 1. The molecule has 14 heteroatoms. The number of carboxylic acids is 1. The van der Waals surface area contributed by atoms with E-state index in [0.29, 0.717) is 18.6 Å². The van der Waals surface area contributed by atoms with Crippen LogP contribution in [0.2, 0.25) is 0 Å². The molecule has 4 saturated carbocycles. The van der Waals surface area contributed by atoms with Crippen molar-refractivity contribution in [2.45, 2.75) is 174 Å². The van der Waals surface area contributed by atoms with Crippen molar-refractivity contribution >= 4 is 11.8 Å². The molecule has 56 heavy (non-hydrogen) atoms. The first-order valence-corrected chi connectivity index (χ1v) is 20.7. The molecule has 0 aromatic carbocycles. The molecule has 7 rings (SSSR count). The fraction of sp³-hybridized carbons (Fsp3) is 0.905. The molecular weight excluding hydrogens is 728 g/mol. The van der Waals surface area contributed by atoms with Gasteiger partial charge in [0.15, 0.2) is 18.7 Å². The maximum Gasteiger partial charge on any atom is 0.335 e. The SMILES string of the molecule is CC1(C)CC(=O)[C@@]2(C)CC[C@@]3(C)C(=CC[C@H]4[C@@]5(C)CC[C@H](O[C@@H]6O[C@H](C(=O)O)[C@@H](O)[C@H](O)[C@H]6O[C@H]6O[C@H](CO)[C@H](O)[C@H](O)[C@H]6O)[C@@](C)(CO)[C@@H]5CC[C@@]43C)[C@@H]2C1. The molecule has 19 atom stereocenters. The van der Waals surface area contributed by atoms with Gasteiger partial charge in [-0.1, -0.05) is 60.1 Å². The smallest absolute Gasteiger partial charge is 0.335 e. The van der Waals surface area contributed by atoms with Gasteiger partial charge in [-0.25, -0.2) is 4.79 Å². The van der Waals surface area contributed by atoms with Crippen LogP contribution in [0, 0.1) is 50.2 Å². The van der Waals surface area contributed by atoms with Crippen LogP contribution >= 0.6 is 0 Å². The molecule has 0 bridgehead atoms. The molecule has 318 valence electrons. The van der Waals surface area contributed by atoms with Crippen LogP contribution in [0.15, 0.2) is 11.6 Å². The van der Waals surface area contributed by atoms with Crippen molar-refractivity contribution in [3.63, 3.8) is 0 Å². The van der Waals surface area contributed by atoms with E-state index < -0.39 is 85.5 Å². The number of aliphatic hydroxyl groups is 7. The molecule has 5 aliphatic carbocycles. The number of fused-ring (bicyclic) bond motifs is 7. The summed E-state index contributed by atoms with van der Waals surface area (Å²) in [4.78, 5) is 25.9. The maximum atomic E-state index is 13.7. The number of rotatable bonds is 7. The highest BCUT2D eigenvalue weighted by Crippen LogP contribution is 2.75. The summed E-state index contributed by atoms with van der Waals surface area (Å²) in [5.41, 5.74) is -0.183. The quantitative estimate of drug-likeness (QED) is 0.136. The van der Waals surface area contributed by atoms with E-state index in [1.54, 1.807) is 0 Å². The van der Waals surface area contributed by atoms with Crippen molar-refractivity contribution in [2.24, 2.45) is 50.2 Å². The number of aliphatic hydroxyl groups excluding tert-OH is 7. The van der Waals surface area contributed by atoms with Crippen molar-refractivity contribution in [1.82, 2.24) is 0 Å². The van der Waals surface area contributed by atoms with E-state index in [1.807, 2.05) is 6.92 Å². The van der Waals surface area contributed by atoms with Crippen LogP contribution in [-0.2, 0) is 28.5 Å². The maximum absolute atomic E-state index is 13.7. The number of carbonyl (C=O) groups excluding carboxylic acids is 1. The molecule has 8 N–H and O–H groups in total. The zero-order valence-corrected chi connectivity index (χ0v) is 34.0. The van der Waals surface area contributed by atoms with Gasteiger partial charge in [-0.15, -0.1) is 0 Å². The Labute approximate surface area is 329 Å². The van der Waals surface area contributed by atoms with Gasteiger partial charge in [0.1, 0.15) is 48.5 Å². The molecule has 14 nitrogen and oxygen atoms in total. The molecule has 0 aromatic heterocycles. The number of allylic oxidation sites excluding steroid dienone is 2. The number of ketones is 1. The lowest BCUT2D eigenvalue weighted by atomic mass is 9.33. The average molecular weight is 795 g/mol.